The summed E-state index contributed by atoms with van der Waals surface area (Å²) in [6.07, 6.45) is 5.18. The van der Waals surface area contributed by atoms with E-state index in [-0.39, 0.29) is 0 Å². The van der Waals surface area contributed by atoms with Crippen LogP contribution in [0, 0.1) is 5.92 Å². The van der Waals surface area contributed by atoms with Crippen molar-refractivity contribution in [3.8, 4) is 0 Å². The normalized spacial score (nSPS) is 18.4. The maximum atomic E-state index is 5.97. The lowest BCUT2D eigenvalue weighted by molar-refractivity contribution is 0.377. The van der Waals surface area contributed by atoms with Crippen LogP contribution >= 0.6 is 23.3 Å². The highest BCUT2D eigenvalue weighted by Gasteiger charge is 2.22. The molecule has 1 aromatic rings. The summed E-state index contributed by atoms with van der Waals surface area (Å²) in [6.45, 7) is 4.42. The summed E-state index contributed by atoms with van der Waals surface area (Å²) in [4.78, 5) is 2.26. The van der Waals surface area contributed by atoms with Crippen molar-refractivity contribution in [1.82, 2.24) is 8.75 Å². The number of anilines is 1. The van der Waals surface area contributed by atoms with Crippen LogP contribution in [0.2, 0.25) is 5.15 Å². The van der Waals surface area contributed by atoms with Crippen molar-refractivity contribution in [3.05, 3.63) is 5.15 Å². The highest BCUT2D eigenvalue weighted by atomic mass is 35.5. The number of halogens is 1. The van der Waals surface area contributed by atoms with Crippen molar-refractivity contribution in [2.24, 2.45) is 5.92 Å². The molecule has 0 saturated carbocycles. The van der Waals surface area contributed by atoms with Crippen LogP contribution in [0.4, 0.5) is 5.82 Å². The summed E-state index contributed by atoms with van der Waals surface area (Å²) in [6, 6.07) is 0. The van der Waals surface area contributed by atoms with E-state index in [4.69, 9.17) is 11.6 Å². The standard InChI is InChI=1S/C10H16ClN3S/c1-2-3-8-4-6-14(7-5-8)10-9(11)12-15-13-10/h8H,2-7H2,1H3. The summed E-state index contributed by atoms with van der Waals surface area (Å²) in [5, 5.41) is 0.564. The van der Waals surface area contributed by atoms with Crippen molar-refractivity contribution in [2.75, 3.05) is 18.0 Å². The molecule has 1 aromatic heterocycles. The van der Waals surface area contributed by atoms with E-state index in [1.807, 2.05) is 0 Å². The van der Waals surface area contributed by atoms with Crippen LogP contribution in [0.5, 0.6) is 0 Å². The summed E-state index contributed by atoms with van der Waals surface area (Å²) in [5.41, 5.74) is 0. The lowest BCUT2D eigenvalue weighted by Crippen LogP contribution is -2.33. The number of aromatic nitrogens is 2. The number of rotatable bonds is 3. The second kappa shape index (κ2) is 5.12. The molecule has 2 rings (SSSR count). The zero-order valence-corrected chi connectivity index (χ0v) is 10.5. The number of piperidine rings is 1. The average molecular weight is 246 g/mol. The lowest BCUT2D eigenvalue weighted by atomic mass is 9.92. The molecule has 0 spiro atoms. The SMILES string of the molecule is CCCC1CCN(c2nsnc2Cl)CC1. The smallest absolute Gasteiger partial charge is 0.187 e. The molecule has 0 unspecified atom stereocenters. The Hall–Kier alpha value is -0.350. The molecule has 15 heavy (non-hydrogen) atoms. The van der Waals surface area contributed by atoms with Crippen LogP contribution in [0.25, 0.3) is 0 Å². The van der Waals surface area contributed by atoms with Gasteiger partial charge in [0, 0.05) is 13.1 Å². The molecule has 1 fully saturated rings. The van der Waals surface area contributed by atoms with E-state index in [0.717, 1.165) is 24.8 Å². The molecule has 0 aromatic carbocycles. The number of nitrogens with zero attached hydrogens (tertiary/aromatic N) is 3. The van der Waals surface area contributed by atoms with Gasteiger partial charge < -0.3 is 4.90 Å². The maximum Gasteiger partial charge on any atom is 0.187 e. The molecule has 0 radical (unpaired) electrons. The first-order valence-electron chi connectivity index (χ1n) is 5.54. The predicted molar refractivity (Wildman–Crippen MR) is 64.8 cm³/mol. The van der Waals surface area contributed by atoms with Gasteiger partial charge in [0.05, 0.1) is 11.7 Å². The van der Waals surface area contributed by atoms with E-state index >= 15 is 0 Å². The Labute approximate surface area is 99.8 Å². The molecule has 0 amide bonds. The zero-order chi connectivity index (χ0) is 10.7. The van der Waals surface area contributed by atoms with Crippen molar-refractivity contribution >= 4 is 29.1 Å². The van der Waals surface area contributed by atoms with Crippen LogP contribution in [0.1, 0.15) is 32.6 Å². The zero-order valence-electron chi connectivity index (χ0n) is 8.95. The molecule has 2 heterocycles. The van der Waals surface area contributed by atoms with Gasteiger partial charge in [0.2, 0.25) is 0 Å². The van der Waals surface area contributed by atoms with Crippen LogP contribution < -0.4 is 4.90 Å². The fourth-order valence-electron chi connectivity index (χ4n) is 2.20. The molecule has 84 valence electrons. The van der Waals surface area contributed by atoms with Gasteiger partial charge in [0.1, 0.15) is 0 Å². The van der Waals surface area contributed by atoms with Crippen LogP contribution in [0.3, 0.4) is 0 Å². The van der Waals surface area contributed by atoms with E-state index in [9.17, 15) is 0 Å². The Balaban J connectivity index is 1.91. The van der Waals surface area contributed by atoms with E-state index < -0.39 is 0 Å². The summed E-state index contributed by atoms with van der Waals surface area (Å²) < 4.78 is 8.24. The molecular formula is C10H16ClN3S. The van der Waals surface area contributed by atoms with Crippen molar-refractivity contribution in [1.29, 1.82) is 0 Å². The first kappa shape index (κ1) is 11.1. The maximum absolute atomic E-state index is 5.97. The molecule has 0 atom stereocenters. The summed E-state index contributed by atoms with van der Waals surface area (Å²) in [7, 11) is 0. The Morgan fingerprint density at radius 2 is 2.13 bits per heavy atom. The second-order valence-corrected chi connectivity index (χ2v) is 4.98. The Bertz CT molecular complexity index is 307. The molecule has 1 saturated heterocycles. The minimum Gasteiger partial charge on any atom is -0.353 e. The summed E-state index contributed by atoms with van der Waals surface area (Å²) in [5.74, 6) is 1.79. The van der Waals surface area contributed by atoms with Gasteiger partial charge >= 0.3 is 0 Å². The predicted octanol–water partition coefficient (Wildman–Crippen LogP) is 3.21. The molecule has 0 N–H and O–H groups in total. The third-order valence-corrected chi connectivity index (χ3v) is 3.92. The van der Waals surface area contributed by atoms with Gasteiger partial charge in [-0.05, 0) is 18.8 Å². The van der Waals surface area contributed by atoms with E-state index in [0.29, 0.717) is 5.15 Å². The third-order valence-electron chi connectivity index (χ3n) is 3.04. The lowest BCUT2D eigenvalue weighted by Gasteiger charge is -2.31. The van der Waals surface area contributed by atoms with Crippen LogP contribution in [-0.4, -0.2) is 21.8 Å². The minimum absolute atomic E-state index is 0.564. The Morgan fingerprint density at radius 3 is 2.67 bits per heavy atom. The fraction of sp³-hybridized carbons (Fsp3) is 0.800. The van der Waals surface area contributed by atoms with E-state index in [1.54, 1.807) is 0 Å². The Morgan fingerprint density at radius 1 is 1.40 bits per heavy atom. The first-order valence-corrected chi connectivity index (χ1v) is 6.65. The fourth-order valence-corrected chi connectivity index (χ4v) is 2.98. The largest absolute Gasteiger partial charge is 0.353 e. The van der Waals surface area contributed by atoms with Gasteiger partial charge in [-0.2, -0.15) is 8.75 Å². The molecular weight excluding hydrogens is 230 g/mol. The van der Waals surface area contributed by atoms with Gasteiger partial charge in [0.25, 0.3) is 0 Å². The number of hydrogen-bond donors (Lipinski definition) is 0. The van der Waals surface area contributed by atoms with Crippen LogP contribution in [0.15, 0.2) is 0 Å². The first-order chi connectivity index (χ1) is 7.31. The van der Waals surface area contributed by atoms with E-state index in [2.05, 4.69) is 20.6 Å². The highest BCUT2D eigenvalue weighted by Crippen LogP contribution is 2.29. The van der Waals surface area contributed by atoms with Crippen molar-refractivity contribution in [3.63, 3.8) is 0 Å². The molecule has 3 nitrogen and oxygen atoms in total. The molecule has 0 bridgehead atoms. The molecule has 1 aliphatic heterocycles. The second-order valence-electron chi connectivity index (χ2n) is 4.10. The van der Waals surface area contributed by atoms with Crippen molar-refractivity contribution in [2.45, 2.75) is 32.6 Å². The van der Waals surface area contributed by atoms with E-state index in [1.165, 1.54) is 37.4 Å². The van der Waals surface area contributed by atoms with Gasteiger partial charge in [-0.15, -0.1) is 0 Å². The van der Waals surface area contributed by atoms with Gasteiger partial charge in [0.15, 0.2) is 11.0 Å². The Kier molecular flexibility index (Phi) is 3.81. The number of hydrogen-bond acceptors (Lipinski definition) is 4. The molecule has 5 heteroatoms. The summed E-state index contributed by atoms with van der Waals surface area (Å²) >= 11 is 7.16. The quantitative estimate of drug-likeness (QED) is 0.819. The van der Waals surface area contributed by atoms with Crippen LogP contribution in [-0.2, 0) is 0 Å². The average Bonchev–Trinajstić information content (AvgIpc) is 2.66. The third kappa shape index (κ3) is 2.61. The highest BCUT2D eigenvalue weighted by molar-refractivity contribution is 6.99. The molecule has 0 aliphatic carbocycles. The van der Waals surface area contributed by atoms with Gasteiger partial charge in [-0.1, -0.05) is 31.4 Å². The van der Waals surface area contributed by atoms with Gasteiger partial charge in [-0.25, -0.2) is 0 Å². The minimum atomic E-state index is 0.564. The van der Waals surface area contributed by atoms with Gasteiger partial charge in [-0.3, -0.25) is 0 Å². The topological polar surface area (TPSA) is 29.0 Å². The van der Waals surface area contributed by atoms with Crippen molar-refractivity contribution < 1.29 is 0 Å². The molecule has 1 aliphatic rings. The monoisotopic (exact) mass is 245 g/mol.